The van der Waals surface area contributed by atoms with E-state index in [0.717, 1.165) is 13.2 Å². The van der Waals surface area contributed by atoms with Gasteiger partial charge in [0.2, 0.25) is 0 Å². The average Bonchev–Trinajstić information content (AvgIpc) is 2.20. The van der Waals surface area contributed by atoms with Crippen LogP contribution < -0.4 is 0 Å². The smallest absolute Gasteiger partial charge is 0.0497 e. The van der Waals surface area contributed by atoms with E-state index >= 15 is 0 Å². The maximum absolute atomic E-state index is 5.43. The van der Waals surface area contributed by atoms with Crippen molar-refractivity contribution in [3.8, 4) is 0 Å². The van der Waals surface area contributed by atoms with E-state index in [4.69, 9.17) is 4.74 Å². The zero-order valence-corrected chi connectivity index (χ0v) is 8.07. The number of hydrogen-bond donors (Lipinski definition) is 0. The highest BCUT2D eigenvalue weighted by molar-refractivity contribution is 5.20. The Hall–Kier alpha value is -0.820. The lowest BCUT2D eigenvalue weighted by Gasteiger charge is -2.29. The van der Waals surface area contributed by atoms with Gasteiger partial charge in [0.25, 0.3) is 0 Å². The predicted octanol–water partition coefficient (Wildman–Crippen LogP) is 2.83. The summed E-state index contributed by atoms with van der Waals surface area (Å²) in [5, 5.41) is 0. The van der Waals surface area contributed by atoms with E-state index in [1.54, 1.807) is 0 Å². The zero-order chi connectivity index (χ0) is 9.10. The average molecular weight is 176 g/mol. The first kappa shape index (κ1) is 8.76. The van der Waals surface area contributed by atoms with Crippen molar-refractivity contribution in [1.29, 1.82) is 0 Å². The second-order valence-corrected chi connectivity index (χ2v) is 3.86. The van der Waals surface area contributed by atoms with Gasteiger partial charge in [0.15, 0.2) is 0 Å². The molecule has 1 aliphatic rings. The molecule has 0 bridgehead atoms. The normalized spacial score (nSPS) is 28.7. The van der Waals surface area contributed by atoms with Crippen molar-refractivity contribution in [2.24, 2.45) is 5.92 Å². The summed E-state index contributed by atoms with van der Waals surface area (Å²) in [6, 6.07) is 10.8. The molecule has 1 aromatic rings. The van der Waals surface area contributed by atoms with E-state index in [-0.39, 0.29) is 0 Å². The summed E-state index contributed by atoms with van der Waals surface area (Å²) in [5.74, 6) is 1.37. The fraction of sp³-hybridized carbons (Fsp3) is 0.500. The maximum Gasteiger partial charge on any atom is 0.0497 e. The first-order valence-electron chi connectivity index (χ1n) is 5.00. The van der Waals surface area contributed by atoms with Crippen molar-refractivity contribution < 1.29 is 4.74 Å². The summed E-state index contributed by atoms with van der Waals surface area (Å²) in [6.45, 7) is 4.11. The van der Waals surface area contributed by atoms with Gasteiger partial charge in [-0.3, -0.25) is 0 Å². The molecule has 13 heavy (non-hydrogen) atoms. The first-order valence-corrected chi connectivity index (χ1v) is 5.00. The van der Waals surface area contributed by atoms with Gasteiger partial charge in [-0.1, -0.05) is 37.3 Å². The molecule has 1 saturated heterocycles. The van der Waals surface area contributed by atoms with Crippen LogP contribution in [0, 0.1) is 5.92 Å². The maximum atomic E-state index is 5.43. The molecule has 1 fully saturated rings. The Labute approximate surface area is 79.7 Å². The number of rotatable bonds is 1. The van der Waals surface area contributed by atoms with Gasteiger partial charge in [-0.25, -0.2) is 0 Å². The van der Waals surface area contributed by atoms with Crippen molar-refractivity contribution in [3.63, 3.8) is 0 Å². The van der Waals surface area contributed by atoms with Crippen LogP contribution in [0.15, 0.2) is 30.3 Å². The molecule has 0 spiro atoms. The highest BCUT2D eigenvalue weighted by atomic mass is 16.5. The Morgan fingerprint density at radius 2 is 2.00 bits per heavy atom. The van der Waals surface area contributed by atoms with Gasteiger partial charge in [0.1, 0.15) is 0 Å². The van der Waals surface area contributed by atoms with Crippen LogP contribution in [0.4, 0.5) is 0 Å². The fourth-order valence-corrected chi connectivity index (χ4v) is 2.08. The molecule has 1 heteroatoms. The van der Waals surface area contributed by atoms with Gasteiger partial charge in [-0.2, -0.15) is 0 Å². The number of hydrogen-bond acceptors (Lipinski definition) is 1. The minimum atomic E-state index is 0.663. The largest absolute Gasteiger partial charge is 0.381 e. The molecular formula is C12H16O. The summed E-state index contributed by atoms with van der Waals surface area (Å²) in [4.78, 5) is 0. The summed E-state index contributed by atoms with van der Waals surface area (Å²) < 4.78 is 5.43. The van der Waals surface area contributed by atoms with E-state index in [2.05, 4.69) is 37.3 Å². The van der Waals surface area contributed by atoms with Crippen LogP contribution in [-0.4, -0.2) is 13.2 Å². The highest BCUT2D eigenvalue weighted by Crippen LogP contribution is 2.31. The van der Waals surface area contributed by atoms with Gasteiger partial charge in [0.05, 0.1) is 0 Å². The zero-order valence-electron chi connectivity index (χ0n) is 8.07. The van der Waals surface area contributed by atoms with Crippen LogP contribution in [0.5, 0.6) is 0 Å². The Morgan fingerprint density at radius 1 is 1.23 bits per heavy atom. The molecule has 1 heterocycles. The molecule has 1 aromatic carbocycles. The topological polar surface area (TPSA) is 9.23 Å². The molecule has 1 nitrogen and oxygen atoms in total. The van der Waals surface area contributed by atoms with Crippen LogP contribution in [0.2, 0.25) is 0 Å². The second-order valence-electron chi connectivity index (χ2n) is 3.86. The summed E-state index contributed by atoms with van der Waals surface area (Å²) in [5.41, 5.74) is 1.47. The molecule has 70 valence electrons. The molecular weight excluding hydrogens is 160 g/mol. The quantitative estimate of drug-likeness (QED) is 0.639. The molecule has 0 saturated carbocycles. The van der Waals surface area contributed by atoms with Crippen LogP contribution in [0.3, 0.4) is 0 Å². The Morgan fingerprint density at radius 3 is 2.69 bits per heavy atom. The van der Waals surface area contributed by atoms with Crippen molar-refractivity contribution in [3.05, 3.63) is 35.9 Å². The Balaban J connectivity index is 2.15. The van der Waals surface area contributed by atoms with Crippen LogP contribution >= 0.6 is 0 Å². The minimum absolute atomic E-state index is 0.663. The molecule has 0 N–H and O–H groups in total. The molecule has 2 rings (SSSR count). The molecule has 0 unspecified atom stereocenters. The fourth-order valence-electron chi connectivity index (χ4n) is 2.08. The lowest BCUT2D eigenvalue weighted by molar-refractivity contribution is 0.0473. The van der Waals surface area contributed by atoms with Gasteiger partial charge < -0.3 is 4.74 Å². The van der Waals surface area contributed by atoms with Crippen molar-refractivity contribution in [2.45, 2.75) is 19.3 Å². The standard InChI is InChI=1S/C12H16O/c1-10-9-13-8-7-12(10)11-5-3-2-4-6-11/h2-6,10,12H,7-9H2,1H3/t10-,12+/m0/s1. The summed E-state index contributed by atoms with van der Waals surface area (Å²) >= 11 is 0. The molecule has 1 aliphatic heterocycles. The highest BCUT2D eigenvalue weighted by Gasteiger charge is 2.22. The van der Waals surface area contributed by atoms with Crippen LogP contribution in [0.1, 0.15) is 24.8 Å². The van der Waals surface area contributed by atoms with Gasteiger partial charge >= 0.3 is 0 Å². The predicted molar refractivity (Wildman–Crippen MR) is 53.8 cm³/mol. The van der Waals surface area contributed by atoms with E-state index < -0.39 is 0 Å². The second kappa shape index (κ2) is 3.93. The number of benzene rings is 1. The Bertz CT molecular complexity index is 255. The SMILES string of the molecule is C[C@H]1COCC[C@H]1c1ccccc1. The molecule has 0 radical (unpaired) electrons. The third kappa shape index (κ3) is 1.92. The molecule has 0 aromatic heterocycles. The van der Waals surface area contributed by atoms with Gasteiger partial charge in [-0.15, -0.1) is 0 Å². The van der Waals surface area contributed by atoms with Crippen molar-refractivity contribution in [1.82, 2.24) is 0 Å². The van der Waals surface area contributed by atoms with Gasteiger partial charge in [-0.05, 0) is 23.8 Å². The van der Waals surface area contributed by atoms with Crippen LogP contribution in [0.25, 0.3) is 0 Å². The van der Waals surface area contributed by atoms with E-state index in [9.17, 15) is 0 Å². The lowest BCUT2D eigenvalue weighted by Crippen LogP contribution is -2.23. The van der Waals surface area contributed by atoms with Gasteiger partial charge in [0, 0.05) is 13.2 Å². The first-order chi connectivity index (χ1) is 6.38. The molecule has 0 aliphatic carbocycles. The summed E-state index contributed by atoms with van der Waals surface area (Å²) in [6.07, 6.45) is 1.17. The molecule has 0 amide bonds. The minimum Gasteiger partial charge on any atom is -0.381 e. The van der Waals surface area contributed by atoms with Crippen molar-refractivity contribution >= 4 is 0 Å². The van der Waals surface area contributed by atoms with E-state index in [1.165, 1.54) is 12.0 Å². The molecule has 2 atom stereocenters. The third-order valence-corrected chi connectivity index (χ3v) is 2.87. The third-order valence-electron chi connectivity index (χ3n) is 2.87. The number of ether oxygens (including phenoxy) is 1. The van der Waals surface area contributed by atoms with E-state index in [1.807, 2.05) is 0 Å². The van der Waals surface area contributed by atoms with Crippen molar-refractivity contribution in [2.75, 3.05) is 13.2 Å². The van der Waals surface area contributed by atoms with E-state index in [0.29, 0.717) is 11.8 Å². The lowest BCUT2D eigenvalue weighted by atomic mass is 9.84. The monoisotopic (exact) mass is 176 g/mol. The Kier molecular flexibility index (Phi) is 2.65. The van der Waals surface area contributed by atoms with Crippen LogP contribution in [-0.2, 0) is 4.74 Å². The summed E-state index contributed by atoms with van der Waals surface area (Å²) in [7, 11) is 0.